The van der Waals surface area contributed by atoms with Gasteiger partial charge in [0.1, 0.15) is 17.7 Å². The zero-order valence-corrected chi connectivity index (χ0v) is 40.8. The minimum absolute atomic E-state index is 0.00877. The first-order chi connectivity index (χ1) is 33.2. The van der Waals surface area contributed by atoms with Gasteiger partial charge in [0.05, 0.1) is 52.9 Å². The Hall–Kier alpha value is -4.15. The molecule has 0 heterocycles. The smallest absolute Gasteiger partial charge is 0.222 e. The summed E-state index contributed by atoms with van der Waals surface area (Å²) in [5.41, 5.74) is 15.1. The van der Waals surface area contributed by atoms with Gasteiger partial charge in [-0.15, -0.1) is 0 Å². The van der Waals surface area contributed by atoms with Crippen LogP contribution < -0.4 is 54.4 Å². The van der Waals surface area contributed by atoms with Crippen molar-refractivity contribution in [3.63, 3.8) is 0 Å². The molecule has 0 saturated carbocycles. The van der Waals surface area contributed by atoms with Gasteiger partial charge in [0.2, 0.25) is 41.4 Å². The number of hydrogen-bond acceptors (Lipinski definition) is 18. The third-order valence-corrected chi connectivity index (χ3v) is 9.75. The summed E-state index contributed by atoms with van der Waals surface area (Å²) in [6.07, 6.45) is 0.976. The zero-order chi connectivity index (χ0) is 51.4. The van der Waals surface area contributed by atoms with Crippen molar-refractivity contribution < 1.29 is 72.6 Å². The number of aliphatic hydroxyl groups is 3. The number of aliphatic hydroxyl groups excluding tert-OH is 3. The predicted molar refractivity (Wildman–Crippen MR) is 254 cm³/mol. The Morgan fingerprint density at radius 1 is 0.464 bits per heavy atom. The quantitative estimate of drug-likeness (QED) is 0.0204. The molecule has 7 amide bonds. The van der Waals surface area contributed by atoms with Crippen LogP contribution in [0.1, 0.15) is 96.8 Å². The fourth-order valence-electron chi connectivity index (χ4n) is 5.92. The number of rotatable bonds is 47. The highest BCUT2D eigenvalue weighted by molar-refractivity contribution is 5.80. The molecule has 1 unspecified atom stereocenters. The van der Waals surface area contributed by atoms with Crippen molar-refractivity contribution in [2.45, 2.75) is 121 Å². The largest absolute Gasteiger partial charge is 0.394 e. The Morgan fingerprint density at radius 2 is 0.841 bits per heavy atom. The summed E-state index contributed by atoms with van der Waals surface area (Å²) in [5, 5.41) is 47.7. The van der Waals surface area contributed by atoms with Crippen LogP contribution in [0.25, 0.3) is 0 Å². The van der Waals surface area contributed by atoms with Gasteiger partial charge in [0.25, 0.3) is 0 Å². The van der Waals surface area contributed by atoms with Crippen LogP contribution in [0.15, 0.2) is 0 Å². The van der Waals surface area contributed by atoms with Crippen LogP contribution in [-0.4, -0.2) is 199 Å². The molecule has 25 heteroatoms. The molecule has 0 aromatic rings. The lowest BCUT2D eigenvalue weighted by molar-refractivity contribution is -0.223. The van der Waals surface area contributed by atoms with Gasteiger partial charge in [0, 0.05) is 97.4 Å². The normalized spacial score (nSPS) is 12.2. The van der Waals surface area contributed by atoms with E-state index in [1.807, 2.05) is 0 Å². The number of unbranched alkanes of at least 4 members (excludes halogenated alkanes) is 1. The Labute approximate surface area is 406 Å². The second-order valence-corrected chi connectivity index (χ2v) is 16.3. The van der Waals surface area contributed by atoms with Crippen molar-refractivity contribution in [1.29, 1.82) is 0 Å². The second kappa shape index (κ2) is 43.8. The van der Waals surface area contributed by atoms with E-state index >= 15 is 0 Å². The number of ether oxygens (including phenoxy) is 5. The number of carbonyl (C=O) groups excluding carboxylic acids is 7. The molecule has 69 heavy (non-hydrogen) atoms. The van der Waals surface area contributed by atoms with Gasteiger partial charge in [0.15, 0.2) is 6.29 Å². The molecule has 0 aliphatic carbocycles. The number of nitrogens with one attached hydrogen (secondary N) is 7. The van der Waals surface area contributed by atoms with E-state index in [0.29, 0.717) is 84.3 Å². The van der Waals surface area contributed by atoms with E-state index in [9.17, 15) is 48.9 Å². The highest BCUT2D eigenvalue weighted by Crippen LogP contribution is 2.12. The molecule has 0 spiro atoms. The highest BCUT2D eigenvalue weighted by atomic mass is 16.7. The standard InChI is InChI=1S/C44H86N10O15/c1-34(57)43(69-35(29-55)30-56)68-25-3-2-9-36(58)50-21-8-24-53-41(63)15-28-67-33-44(31-65-26-13-39(61)48-19-5-16-45,32-66-27-14-40(62)49-20-6-17-46)54-42(64)11-4-10-37(59)51-22-7-23-52-38(60)12-18-47/h34-35,43,55-57H,2-33,45-47H2,1H3,(H,48,61)(H,49,62)(H,50,58)(H,51,59)(H,52,60)(H,53,63)(H,54,64)/t34?,43-/m1/s1. The summed E-state index contributed by atoms with van der Waals surface area (Å²) in [6, 6.07) is 0. The maximum Gasteiger partial charge on any atom is 0.222 e. The first kappa shape index (κ1) is 64.8. The van der Waals surface area contributed by atoms with Gasteiger partial charge in [-0.05, 0) is 65.0 Å². The molecule has 0 saturated heterocycles. The minimum Gasteiger partial charge on any atom is -0.394 e. The van der Waals surface area contributed by atoms with Gasteiger partial charge in [-0.2, -0.15) is 0 Å². The van der Waals surface area contributed by atoms with Crippen LogP contribution >= 0.6 is 0 Å². The van der Waals surface area contributed by atoms with E-state index in [1.165, 1.54) is 6.92 Å². The predicted octanol–water partition coefficient (Wildman–Crippen LogP) is -3.98. The number of amides is 7. The number of carbonyl (C=O) groups is 7. The molecule has 402 valence electrons. The Morgan fingerprint density at radius 3 is 1.23 bits per heavy atom. The van der Waals surface area contributed by atoms with Crippen molar-refractivity contribution in [2.75, 3.05) is 118 Å². The summed E-state index contributed by atoms with van der Waals surface area (Å²) in [6.45, 7) is 3.44. The second-order valence-electron chi connectivity index (χ2n) is 16.3. The fraction of sp³-hybridized carbons (Fsp3) is 0.841. The number of nitrogens with two attached hydrogens (primary N) is 3. The van der Waals surface area contributed by atoms with Crippen LogP contribution in [0.2, 0.25) is 0 Å². The highest BCUT2D eigenvalue weighted by Gasteiger charge is 2.34. The molecule has 0 bridgehead atoms. The Balaban J connectivity index is 5.28. The molecular weight excluding hydrogens is 909 g/mol. The van der Waals surface area contributed by atoms with Gasteiger partial charge >= 0.3 is 0 Å². The molecule has 0 aromatic carbocycles. The SMILES string of the molecule is CC(O)[C@H](OCCCCC(=O)NCCCNC(=O)CCOCC(COCCC(=O)NCCCN)(COCCC(=O)NCCCN)NC(=O)CCCC(=O)NCCCNC(=O)CCN)OC(CO)CO. The van der Waals surface area contributed by atoms with E-state index in [0.717, 1.165) is 0 Å². The van der Waals surface area contributed by atoms with Crippen LogP contribution in [0.4, 0.5) is 0 Å². The molecule has 0 fully saturated rings. The van der Waals surface area contributed by atoms with Gasteiger partial charge < -0.3 is 93.4 Å². The molecule has 0 aliphatic heterocycles. The molecule has 0 radical (unpaired) electrons. The lowest BCUT2D eigenvalue weighted by Crippen LogP contribution is -2.58. The monoisotopic (exact) mass is 995 g/mol. The van der Waals surface area contributed by atoms with E-state index < -0.39 is 43.2 Å². The topological polar surface area (TPSA) is 389 Å². The molecule has 0 rings (SSSR count). The summed E-state index contributed by atoms with van der Waals surface area (Å²) in [4.78, 5) is 87.1. The minimum atomic E-state index is -1.33. The first-order valence-corrected chi connectivity index (χ1v) is 24.2. The molecule has 0 aliphatic rings. The summed E-state index contributed by atoms with van der Waals surface area (Å²) < 4.78 is 28.6. The summed E-state index contributed by atoms with van der Waals surface area (Å²) >= 11 is 0. The van der Waals surface area contributed by atoms with Crippen LogP contribution in [0.3, 0.4) is 0 Å². The Kier molecular flexibility index (Phi) is 41.2. The zero-order valence-electron chi connectivity index (χ0n) is 40.8. The molecular formula is C44H86N10O15. The molecule has 0 aromatic heterocycles. The van der Waals surface area contributed by atoms with E-state index in [4.69, 9.17) is 40.9 Å². The summed E-state index contributed by atoms with van der Waals surface area (Å²) in [7, 11) is 0. The average molecular weight is 995 g/mol. The lowest BCUT2D eigenvalue weighted by atomic mass is 10.0. The third-order valence-electron chi connectivity index (χ3n) is 9.75. The van der Waals surface area contributed by atoms with Crippen LogP contribution in [0.5, 0.6) is 0 Å². The number of hydrogen-bond donors (Lipinski definition) is 13. The molecule has 2 atom stereocenters. The average Bonchev–Trinajstić information content (AvgIpc) is 3.31. The van der Waals surface area contributed by atoms with Crippen molar-refractivity contribution in [1.82, 2.24) is 37.2 Å². The van der Waals surface area contributed by atoms with E-state index in [-0.39, 0.29) is 146 Å². The molecule has 25 nitrogen and oxygen atoms in total. The van der Waals surface area contributed by atoms with Crippen molar-refractivity contribution >= 4 is 41.4 Å². The fourth-order valence-corrected chi connectivity index (χ4v) is 5.92. The van der Waals surface area contributed by atoms with Gasteiger partial charge in [-0.1, -0.05) is 0 Å². The van der Waals surface area contributed by atoms with E-state index in [2.05, 4.69) is 37.2 Å². The van der Waals surface area contributed by atoms with Crippen molar-refractivity contribution in [3.8, 4) is 0 Å². The van der Waals surface area contributed by atoms with Gasteiger partial charge in [-0.3, -0.25) is 33.6 Å². The lowest BCUT2D eigenvalue weighted by Gasteiger charge is -2.34. The molecule has 16 N–H and O–H groups in total. The summed E-state index contributed by atoms with van der Waals surface area (Å²) in [5.74, 6) is -1.87. The maximum absolute atomic E-state index is 13.4. The van der Waals surface area contributed by atoms with Gasteiger partial charge in [-0.25, -0.2) is 0 Å². The van der Waals surface area contributed by atoms with E-state index in [1.54, 1.807) is 0 Å². The first-order valence-electron chi connectivity index (χ1n) is 24.2. The Bertz CT molecular complexity index is 1370. The third kappa shape index (κ3) is 38.3. The van der Waals surface area contributed by atoms with Crippen LogP contribution in [-0.2, 0) is 57.2 Å². The maximum atomic E-state index is 13.4. The van der Waals surface area contributed by atoms with Crippen LogP contribution in [0, 0.1) is 0 Å². The van der Waals surface area contributed by atoms with Crippen molar-refractivity contribution in [3.05, 3.63) is 0 Å². The van der Waals surface area contributed by atoms with Crippen molar-refractivity contribution in [2.24, 2.45) is 17.2 Å².